The van der Waals surface area contributed by atoms with E-state index >= 15 is 0 Å². The Morgan fingerprint density at radius 3 is 2.46 bits per heavy atom. The second kappa shape index (κ2) is 8.81. The van der Waals surface area contributed by atoms with Crippen molar-refractivity contribution in [1.29, 1.82) is 0 Å². The lowest BCUT2D eigenvalue weighted by atomic mass is 10.0. The lowest BCUT2D eigenvalue weighted by Gasteiger charge is -2.12. The van der Waals surface area contributed by atoms with E-state index < -0.39 is 10.8 Å². The molecule has 3 aromatic rings. The molecule has 6 nitrogen and oxygen atoms in total. The van der Waals surface area contributed by atoms with Gasteiger partial charge in [-0.15, -0.1) is 0 Å². The molecule has 0 aliphatic heterocycles. The Morgan fingerprint density at radius 1 is 1.04 bits per heavy atom. The van der Waals surface area contributed by atoms with Crippen molar-refractivity contribution >= 4 is 17.3 Å². The number of carbonyl (C=O) groups is 1. The lowest BCUT2D eigenvalue weighted by molar-refractivity contribution is -0.385. The van der Waals surface area contributed by atoms with Gasteiger partial charge < -0.3 is 10.1 Å². The van der Waals surface area contributed by atoms with E-state index in [0.29, 0.717) is 18.7 Å². The molecule has 0 aromatic heterocycles. The quantitative estimate of drug-likeness (QED) is 0.473. The number of hydrogen-bond donors (Lipinski definition) is 1. The number of nitro groups is 1. The van der Waals surface area contributed by atoms with E-state index in [1.165, 1.54) is 18.2 Å². The van der Waals surface area contributed by atoms with Crippen LogP contribution in [0.15, 0.2) is 72.8 Å². The third-order valence-corrected chi connectivity index (χ3v) is 4.22. The molecule has 28 heavy (non-hydrogen) atoms. The molecule has 0 heterocycles. The van der Waals surface area contributed by atoms with Crippen LogP contribution in [0.5, 0.6) is 5.75 Å². The number of nitro benzene ring substituents is 1. The first kappa shape index (κ1) is 19.1. The first-order valence-electron chi connectivity index (χ1n) is 8.93. The van der Waals surface area contributed by atoms with Crippen LogP contribution in [-0.4, -0.2) is 17.4 Å². The summed E-state index contributed by atoms with van der Waals surface area (Å²) in [5.74, 6) is -0.264. The van der Waals surface area contributed by atoms with Crippen LogP contribution >= 0.6 is 0 Å². The number of benzene rings is 3. The number of ether oxygens (including phenoxy) is 1. The minimum Gasteiger partial charge on any atom is -0.487 e. The van der Waals surface area contributed by atoms with E-state index in [2.05, 4.69) is 5.32 Å². The number of nitrogens with zero attached hydrogens (tertiary/aromatic N) is 1. The molecule has 0 aliphatic rings. The van der Waals surface area contributed by atoms with Crippen molar-refractivity contribution in [3.8, 4) is 5.75 Å². The maximum atomic E-state index is 12.7. The highest BCUT2D eigenvalue weighted by atomic mass is 16.6. The van der Waals surface area contributed by atoms with E-state index in [4.69, 9.17) is 4.74 Å². The Kier molecular flexibility index (Phi) is 6.01. The van der Waals surface area contributed by atoms with Crippen LogP contribution < -0.4 is 10.1 Å². The van der Waals surface area contributed by atoms with Gasteiger partial charge in [0.15, 0.2) is 5.75 Å². The van der Waals surface area contributed by atoms with Crippen LogP contribution in [0.25, 0.3) is 0 Å². The second-order valence-corrected chi connectivity index (χ2v) is 6.15. The van der Waals surface area contributed by atoms with Crippen LogP contribution in [0.3, 0.4) is 0 Å². The van der Waals surface area contributed by atoms with Crippen LogP contribution in [-0.2, 0) is 6.42 Å². The molecule has 3 rings (SSSR count). The first-order valence-corrected chi connectivity index (χ1v) is 8.93. The van der Waals surface area contributed by atoms with Gasteiger partial charge in [0.05, 0.1) is 11.5 Å². The third kappa shape index (κ3) is 4.54. The van der Waals surface area contributed by atoms with E-state index in [-0.39, 0.29) is 17.0 Å². The lowest BCUT2D eigenvalue weighted by Crippen LogP contribution is -2.14. The molecule has 0 unspecified atom stereocenters. The summed E-state index contributed by atoms with van der Waals surface area (Å²) >= 11 is 0. The Labute approximate surface area is 162 Å². The largest absolute Gasteiger partial charge is 0.487 e. The molecule has 0 atom stereocenters. The van der Waals surface area contributed by atoms with Crippen molar-refractivity contribution in [3.05, 3.63) is 99.6 Å². The number of amides is 1. The number of hydrogen-bond acceptors (Lipinski definition) is 4. The molecule has 3 aromatic carbocycles. The van der Waals surface area contributed by atoms with E-state index in [0.717, 1.165) is 11.1 Å². The normalized spacial score (nSPS) is 10.3. The number of anilines is 1. The monoisotopic (exact) mass is 376 g/mol. The summed E-state index contributed by atoms with van der Waals surface area (Å²) in [7, 11) is 0. The molecule has 0 spiro atoms. The van der Waals surface area contributed by atoms with Gasteiger partial charge in [0.1, 0.15) is 0 Å². The molecule has 142 valence electrons. The predicted molar refractivity (Wildman–Crippen MR) is 108 cm³/mol. The van der Waals surface area contributed by atoms with Gasteiger partial charge in [0.25, 0.3) is 5.91 Å². The molecule has 0 fully saturated rings. The Morgan fingerprint density at radius 2 is 1.75 bits per heavy atom. The fourth-order valence-electron chi connectivity index (χ4n) is 2.89. The molecular formula is C22H20N2O4. The third-order valence-electron chi connectivity index (χ3n) is 4.22. The molecule has 0 saturated carbocycles. The van der Waals surface area contributed by atoms with Crippen molar-refractivity contribution in [3.63, 3.8) is 0 Å². The summed E-state index contributed by atoms with van der Waals surface area (Å²) in [6.45, 7) is 2.05. The van der Waals surface area contributed by atoms with Gasteiger partial charge in [-0.3, -0.25) is 14.9 Å². The van der Waals surface area contributed by atoms with Gasteiger partial charge >= 0.3 is 5.69 Å². The molecule has 0 saturated heterocycles. The Bertz CT molecular complexity index is 987. The number of para-hydroxylation sites is 1. The van der Waals surface area contributed by atoms with Crippen LogP contribution in [0.2, 0.25) is 0 Å². The molecule has 0 aliphatic carbocycles. The Balaban J connectivity index is 1.84. The van der Waals surface area contributed by atoms with Gasteiger partial charge in [-0.25, -0.2) is 0 Å². The van der Waals surface area contributed by atoms with E-state index in [9.17, 15) is 14.9 Å². The maximum Gasteiger partial charge on any atom is 0.311 e. The SMILES string of the molecule is CCOc1ccc(C(=O)Nc2ccccc2Cc2ccccc2)cc1[N+](=O)[O-]. The van der Waals surface area contributed by atoms with Gasteiger partial charge in [-0.2, -0.15) is 0 Å². The summed E-state index contributed by atoms with van der Waals surface area (Å²) in [5, 5.41) is 14.1. The molecule has 0 bridgehead atoms. The summed E-state index contributed by atoms with van der Waals surface area (Å²) in [5.41, 5.74) is 2.73. The standard InChI is InChI=1S/C22H20N2O4/c1-2-28-21-13-12-18(15-20(21)24(26)27)22(25)23-19-11-7-6-10-17(19)14-16-8-4-3-5-9-16/h3-13,15H,2,14H2,1H3,(H,23,25). The topological polar surface area (TPSA) is 81.5 Å². The van der Waals surface area contributed by atoms with Crippen molar-refractivity contribution in [2.75, 3.05) is 11.9 Å². The van der Waals surface area contributed by atoms with E-state index in [1.54, 1.807) is 6.92 Å². The molecule has 1 amide bonds. The summed E-state index contributed by atoms with van der Waals surface area (Å²) in [6, 6.07) is 21.7. The Hall–Kier alpha value is -3.67. The fraction of sp³-hybridized carbons (Fsp3) is 0.136. The number of nitrogens with one attached hydrogen (secondary N) is 1. The minimum absolute atomic E-state index is 0.147. The van der Waals surface area contributed by atoms with E-state index in [1.807, 2.05) is 54.6 Å². The average molecular weight is 376 g/mol. The summed E-state index contributed by atoms with van der Waals surface area (Å²) < 4.78 is 5.26. The minimum atomic E-state index is -0.550. The zero-order chi connectivity index (χ0) is 19.9. The number of rotatable bonds is 7. The van der Waals surface area contributed by atoms with Crippen LogP contribution in [0.1, 0.15) is 28.4 Å². The molecular weight excluding hydrogens is 356 g/mol. The smallest absolute Gasteiger partial charge is 0.311 e. The second-order valence-electron chi connectivity index (χ2n) is 6.15. The van der Waals surface area contributed by atoms with Crippen molar-refractivity contribution in [2.24, 2.45) is 0 Å². The highest BCUT2D eigenvalue weighted by molar-refractivity contribution is 6.05. The zero-order valence-electron chi connectivity index (χ0n) is 15.4. The van der Waals surface area contributed by atoms with Crippen molar-refractivity contribution in [1.82, 2.24) is 0 Å². The predicted octanol–water partition coefficient (Wildman–Crippen LogP) is 4.84. The average Bonchev–Trinajstić information content (AvgIpc) is 2.70. The zero-order valence-corrected chi connectivity index (χ0v) is 15.4. The van der Waals surface area contributed by atoms with Crippen LogP contribution in [0.4, 0.5) is 11.4 Å². The highest BCUT2D eigenvalue weighted by Gasteiger charge is 2.19. The van der Waals surface area contributed by atoms with Gasteiger partial charge in [0, 0.05) is 17.3 Å². The number of carbonyl (C=O) groups excluding carboxylic acids is 1. The van der Waals surface area contributed by atoms with Crippen molar-refractivity contribution < 1.29 is 14.5 Å². The van der Waals surface area contributed by atoms with Crippen molar-refractivity contribution in [2.45, 2.75) is 13.3 Å². The fourth-order valence-corrected chi connectivity index (χ4v) is 2.89. The summed E-state index contributed by atoms with van der Waals surface area (Å²) in [4.78, 5) is 23.4. The van der Waals surface area contributed by atoms with Gasteiger partial charge in [-0.1, -0.05) is 48.5 Å². The van der Waals surface area contributed by atoms with Gasteiger partial charge in [0.2, 0.25) is 0 Å². The molecule has 0 radical (unpaired) electrons. The highest BCUT2D eigenvalue weighted by Crippen LogP contribution is 2.28. The first-order chi connectivity index (χ1) is 13.6. The van der Waals surface area contributed by atoms with Crippen LogP contribution in [0, 0.1) is 10.1 Å². The molecule has 6 heteroatoms. The summed E-state index contributed by atoms with van der Waals surface area (Å²) in [6.07, 6.45) is 0.667. The molecule has 1 N–H and O–H groups in total. The van der Waals surface area contributed by atoms with Gasteiger partial charge in [-0.05, 0) is 42.7 Å². The maximum absolute atomic E-state index is 12.7.